The molecule has 0 spiro atoms. The second kappa shape index (κ2) is 9.45. The van der Waals surface area contributed by atoms with E-state index in [1.807, 2.05) is 43.6 Å². The number of nitrogens with one attached hydrogen (secondary N) is 1. The highest BCUT2D eigenvalue weighted by Gasteiger charge is 2.30. The van der Waals surface area contributed by atoms with Crippen molar-refractivity contribution in [3.63, 3.8) is 0 Å². The SMILES string of the molecule is Cn1cc(C(=O)NCc2ccccc2)c(CC2CCN(C(=O)C3CCCC3)CC2)n1. The third-order valence-electron chi connectivity index (χ3n) is 6.56. The highest BCUT2D eigenvalue weighted by Crippen LogP contribution is 2.29. The van der Waals surface area contributed by atoms with Crippen LogP contribution in [0.3, 0.4) is 0 Å². The van der Waals surface area contributed by atoms with Gasteiger partial charge in [0.1, 0.15) is 0 Å². The van der Waals surface area contributed by atoms with Crippen LogP contribution in [0, 0.1) is 11.8 Å². The van der Waals surface area contributed by atoms with Crippen LogP contribution in [-0.2, 0) is 24.8 Å². The van der Waals surface area contributed by atoms with Crippen molar-refractivity contribution in [1.29, 1.82) is 0 Å². The van der Waals surface area contributed by atoms with Crippen molar-refractivity contribution in [2.24, 2.45) is 18.9 Å². The summed E-state index contributed by atoms with van der Waals surface area (Å²) in [5.41, 5.74) is 2.61. The molecule has 6 heteroatoms. The van der Waals surface area contributed by atoms with E-state index in [9.17, 15) is 9.59 Å². The van der Waals surface area contributed by atoms with Gasteiger partial charge in [-0.3, -0.25) is 14.3 Å². The first-order valence-corrected chi connectivity index (χ1v) is 11.2. The van der Waals surface area contributed by atoms with Gasteiger partial charge in [0, 0.05) is 38.8 Å². The highest BCUT2D eigenvalue weighted by atomic mass is 16.2. The summed E-state index contributed by atoms with van der Waals surface area (Å²) in [4.78, 5) is 27.5. The minimum absolute atomic E-state index is 0.0733. The molecule has 1 saturated heterocycles. The number of rotatable bonds is 6. The summed E-state index contributed by atoms with van der Waals surface area (Å²) < 4.78 is 1.73. The fraction of sp³-hybridized carbons (Fsp3) is 0.542. The summed E-state index contributed by atoms with van der Waals surface area (Å²) in [5.74, 6) is 1.02. The number of aryl methyl sites for hydroxylation is 1. The van der Waals surface area contributed by atoms with Gasteiger partial charge in [0.05, 0.1) is 11.3 Å². The Bertz CT molecular complexity index is 863. The smallest absolute Gasteiger partial charge is 0.255 e. The number of carbonyl (C=O) groups is 2. The maximum absolute atomic E-state index is 12.8. The van der Waals surface area contributed by atoms with Gasteiger partial charge in [-0.25, -0.2) is 0 Å². The zero-order valence-corrected chi connectivity index (χ0v) is 17.8. The summed E-state index contributed by atoms with van der Waals surface area (Å²) in [6, 6.07) is 9.93. The van der Waals surface area contributed by atoms with E-state index in [-0.39, 0.29) is 11.8 Å². The van der Waals surface area contributed by atoms with E-state index in [4.69, 9.17) is 0 Å². The Morgan fingerprint density at radius 1 is 1.07 bits per heavy atom. The molecule has 2 fully saturated rings. The Hall–Kier alpha value is -2.63. The molecule has 1 aromatic carbocycles. The summed E-state index contributed by atoms with van der Waals surface area (Å²) in [6.07, 6.45) is 9.10. The van der Waals surface area contributed by atoms with Crippen molar-refractivity contribution < 1.29 is 9.59 Å². The van der Waals surface area contributed by atoms with Crippen LogP contribution in [0.15, 0.2) is 36.5 Å². The molecular formula is C24H32N4O2. The number of aromatic nitrogens is 2. The molecule has 2 amide bonds. The first-order chi connectivity index (χ1) is 14.6. The topological polar surface area (TPSA) is 67.2 Å². The number of carbonyl (C=O) groups excluding carboxylic acids is 2. The number of hydrogen-bond donors (Lipinski definition) is 1. The molecule has 1 N–H and O–H groups in total. The molecule has 0 atom stereocenters. The molecule has 160 valence electrons. The lowest BCUT2D eigenvalue weighted by atomic mass is 9.90. The molecule has 2 heterocycles. The summed E-state index contributed by atoms with van der Waals surface area (Å²) >= 11 is 0. The van der Waals surface area contributed by atoms with Gasteiger partial charge in [0.25, 0.3) is 5.91 Å². The first kappa shape index (κ1) is 20.6. The Morgan fingerprint density at radius 2 is 1.77 bits per heavy atom. The number of nitrogens with zero attached hydrogens (tertiary/aromatic N) is 3. The lowest BCUT2D eigenvalue weighted by molar-refractivity contribution is -0.136. The Labute approximate surface area is 178 Å². The quantitative estimate of drug-likeness (QED) is 0.797. The van der Waals surface area contributed by atoms with Crippen molar-refractivity contribution in [2.75, 3.05) is 13.1 Å². The molecule has 2 aromatic rings. The van der Waals surface area contributed by atoms with Crippen molar-refractivity contribution >= 4 is 11.8 Å². The van der Waals surface area contributed by atoms with Gasteiger partial charge < -0.3 is 10.2 Å². The molecule has 2 aliphatic rings. The molecule has 4 rings (SSSR count). The summed E-state index contributed by atoms with van der Waals surface area (Å²) in [7, 11) is 1.86. The van der Waals surface area contributed by atoms with Gasteiger partial charge >= 0.3 is 0 Å². The minimum Gasteiger partial charge on any atom is -0.348 e. The van der Waals surface area contributed by atoms with E-state index in [1.54, 1.807) is 4.68 Å². The monoisotopic (exact) mass is 408 g/mol. The van der Waals surface area contributed by atoms with Crippen molar-refractivity contribution in [3.8, 4) is 0 Å². The third-order valence-corrected chi connectivity index (χ3v) is 6.56. The Kier molecular flexibility index (Phi) is 6.50. The molecule has 1 aliphatic carbocycles. The van der Waals surface area contributed by atoms with E-state index in [2.05, 4.69) is 15.3 Å². The molecule has 1 aromatic heterocycles. The predicted octanol–water partition coefficient (Wildman–Crippen LogP) is 3.32. The second-order valence-electron chi connectivity index (χ2n) is 8.79. The van der Waals surface area contributed by atoms with Crippen LogP contribution in [0.4, 0.5) is 0 Å². The number of likely N-dealkylation sites (tertiary alicyclic amines) is 1. The average molecular weight is 409 g/mol. The van der Waals surface area contributed by atoms with Gasteiger partial charge in [-0.15, -0.1) is 0 Å². The van der Waals surface area contributed by atoms with Crippen LogP contribution in [0.25, 0.3) is 0 Å². The van der Waals surface area contributed by atoms with Gasteiger partial charge in [-0.1, -0.05) is 43.2 Å². The van der Waals surface area contributed by atoms with E-state index < -0.39 is 0 Å². The molecule has 0 bridgehead atoms. The third kappa shape index (κ3) is 4.91. The van der Waals surface area contributed by atoms with Gasteiger partial charge in [0.2, 0.25) is 5.91 Å². The number of hydrogen-bond acceptors (Lipinski definition) is 3. The van der Waals surface area contributed by atoms with Gasteiger partial charge in [0.15, 0.2) is 0 Å². The second-order valence-corrected chi connectivity index (χ2v) is 8.79. The minimum atomic E-state index is -0.0733. The van der Waals surface area contributed by atoms with Crippen LogP contribution in [-0.4, -0.2) is 39.6 Å². The summed E-state index contributed by atoms with van der Waals surface area (Å²) in [5, 5.41) is 7.59. The molecule has 0 unspecified atom stereocenters. The molecule has 1 aliphatic heterocycles. The maximum atomic E-state index is 12.8. The fourth-order valence-corrected chi connectivity index (χ4v) is 4.81. The van der Waals surface area contributed by atoms with Crippen molar-refractivity contribution in [1.82, 2.24) is 20.0 Å². The molecule has 1 saturated carbocycles. The van der Waals surface area contributed by atoms with E-state index in [1.165, 1.54) is 12.8 Å². The van der Waals surface area contributed by atoms with Crippen LogP contribution in [0.5, 0.6) is 0 Å². The van der Waals surface area contributed by atoms with E-state index >= 15 is 0 Å². The Balaban J connectivity index is 1.32. The van der Waals surface area contributed by atoms with Gasteiger partial charge in [-0.05, 0) is 43.6 Å². The largest absolute Gasteiger partial charge is 0.348 e. The van der Waals surface area contributed by atoms with Crippen LogP contribution >= 0.6 is 0 Å². The normalized spacial score (nSPS) is 18.0. The number of benzene rings is 1. The maximum Gasteiger partial charge on any atom is 0.255 e. The first-order valence-electron chi connectivity index (χ1n) is 11.2. The van der Waals surface area contributed by atoms with Crippen LogP contribution in [0.2, 0.25) is 0 Å². The van der Waals surface area contributed by atoms with E-state index in [0.29, 0.717) is 23.9 Å². The zero-order valence-electron chi connectivity index (χ0n) is 17.8. The zero-order chi connectivity index (χ0) is 20.9. The average Bonchev–Trinajstić information content (AvgIpc) is 3.43. The van der Waals surface area contributed by atoms with Crippen LogP contribution < -0.4 is 5.32 Å². The van der Waals surface area contributed by atoms with E-state index in [0.717, 1.165) is 56.5 Å². The molecule has 0 radical (unpaired) electrons. The molecule has 6 nitrogen and oxygen atoms in total. The lowest BCUT2D eigenvalue weighted by Gasteiger charge is -2.33. The van der Waals surface area contributed by atoms with Gasteiger partial charge in [-0.2, -0.15) is 5.10 Å². The van der Waals surface area contributed by atoms with Crippen molar-refractivity contribution in [2.45, 2.75) is 51.5 Å². The number of amides is 2. The predicted molar refractivity (Wildman–Crippen MR) is 116 cm³/mol. The Morgan fingerprint density at radius 3 is 2.47 bits per heavy atom. The van der Waals surface area contributed by atoms with Crippen LogP contribution in [0.1, 0.15) is 60.1 Å². The lowest BCUT2D eigenvalue weighted by Crippen LogP contribution is -2.41. The standard InChI is InChI=1S/C24H32N4O2/c1-27-17-21(23(29)25-16-19-7-3-2-4-8-19)22(26-27)15-18-11-13-28(14-12-18)24(30)20-9-5-6-10-20/h2-4,7-8,17-18,20H,5-6,9-16H2,1H3,(H,25,29). The highest BCUT2D eigenvalue weighted by molar-refractivity contribution is 5.95. The molecule has 30 heavy (non-hydrogen) atoms. The summed E-state index contributed by atoms with van der Waals surface area (Å²) in [6.45, 7) is 2.18. The fourth-order valence-electron chi connectivity index (χ4n) is 4.81. The van der Waals surface area contributed by atoms with Crippen molar-refractivity contribution in [3.05, 3.63) is 53.3 Å². The molecular weight excluding hydrogens is 376 g/mol. The number of piperidine rings is 1.